The second kappa shape index (κ2) is 3.14. The average Bonchev–Trinajstić information content (AvgIpc) is 1.93. The normalized spacial score (nSPS) is 10.0. The van der Waals surface area contributed by atoms with Gasteiger partial charge in [0.1, 0.15) is 5.02 Å². The molecule has 0 aliphatic carbocycles. The molecule has 0 N–H and O–H groups in total. The van der Waals surface area contributed by atoms with E-state index in [1.54, 1.807) is 6.07 Å². The third-order valence-corrected chi connectivity index (χ3v) is 2.56. The van der Waals surface area contributed by atoms with Crippen LogP contribution in [0.5, 0.6) is 0 Å². The maximum Gasteiger partial charge on any atom is 0.316 e. The minimum atomic E-state index is 0.218. The number of pyridine rings is 1. The van der Waals surface area contributed by atoms with Gasteiger partial charge in [-0.1, -0.05) is 27.3 Å². The monoisotopic (exact) mass is 216 g/mol. The Balaban J connectivity index is 3.34. The molecule has 1 aromatic rings. The molecule has 0 bridgehead atoms. The van der Waals surface area contributed by atoms with Crippen molar-refractivity contribution in [1.29, 1.82) is 0 Å². The van der Waals surface area contributed by atoms with E-state index < -0.39 is 0 Å². The van der Waals surface area contributed by atoms with Crippen LogP contribution < -0.4 is 4.09 Å². The third-order valence-electron chi connectivity index (χ3n) is 0.930. The Bertz CT molecular complexity index is 233. The fourth-order valence-corrected chi connectivity index (χ4v) is 1.15. The summed E-state index contributed by atoms with van der Waals surface area (Å²) in [5.74, 6) is 0. The highest BCUT2D eigenvalue weighted by molar-refractivity contribution is 6.47. The summed E-state index contributed by atoms with van der Waals surface area (Å²) < 4.78 is 1.16. The van der Waals surface area contributed by atoms with Crippen molar-refractivity contribution in [2.24, 2.45) is 0 Å². The highest BCUT2D eigenvalue weighted by Gasteiger charge is 2.14. The predicted octanol–water partition coefficient (Wildman–Crippen LogP) is 2.94. The summed E-state index contributed by atoms with van der Waals surface area (Å²) >= 11 is 22.3. The number of aromatic nitrogens is 1. The molecule has 10 heavy (non-hydrogen) atoms. The van der Waals surface area contributed by atoms with Gasteiger partial charge >= 0.3 is 5.15 Å². The van der Waals surface area contributed by atoms with Gasteiger partial charge in [-0.15, -0.1) is 0 Å². The van der Waals surface area contributed by atoms with Crippen LogP contribution in [-0.4, -0.2) is 0 Å². The Kier molecular flexibility index (Phi) is 2.64. The van der Waals surface area contributed by atoms with E-state index in [0.29, 0.717) is 5.02 Å². The average molecular weight is 218 g/mol. The largest absolute Gasteiger partial charge is 0.316 e. The lowest BCUT2D eigenvalue weighted by molar-refractivity contribution is -0.516. The number of nitrogens with zero attached hydrogens (tertiary/aromatic N) is 1. The summed E-state index contributed by atoms with van der Waals surface area (Å²) in [6, 6.07) is 1.56. The van der Waals surface area contributed by atoms with Crippen LogP contribution in [0.3, 0.4) is 0 Å². The van der Waals surface area contributed by atoms with Gasteiger partial charge in [0.05, 0.1) is 5.02 Å². The van der Waals surface area contributed by atoms with Gasteiger partial charge in [-0.2, -0.15) is 0 Å². The molecule has 0 atom stereocenters. The van der Waals surface area contributed by atoms with Gasteiger partial charge in [-0.3, -0.25) is 0 Å². The topological polar surface area (TPSA) is 3.88 Å². The third kappa shape index (κ3) is 1.48. The molecule has 0 unspecified atom stereocenters. The predicted molar refractivity (Wildman–Crippen MR) is 42.9 cm³/mol. The van der Waals surface area contributed by atoms with E-state index in [-0.39, 0.29) is 10.2 Å². The summed E-state index contributed by atoms with van der Waals surface area (Å²) in [4.78, 5) is 0. The summed E-state index contributed by atoms with van der Waals surface area (Å²) in [6.07, 6.45) is 1.51. The van der Waals surface area contributed by atoms with Crippen molar-refractivity contribution in [1.82, 2.24) is 0 Å². The van der Waals surface area contributed by atoms with E-state index in [2.05, 4.69) is 0 Å². The lowest BCUT2D eigenvalue weighted by Gasteiger charge is -1.91. The SMILES string of the molecule is Clc1cc[n+](Cl)c(Cl)c1Cl. The molecule has 0 radical (unpaired) electrons. The molecular formula is C5H2Cl4N+. The van der Waals surface area contributed by atoms with E-state index >= 15 is 0 Å². The number of rotatable bonds is 0. The van der Waals surface area contributed by atoms with E-state index in [1.165, 1.54) is 6.20 Å². The quantitative estimate of drug-likeness (QED) is 0.589. The summed E-state index contributed by atoms with van der Waals surface area (Å²) in [5.41, 5.74) is 0. The second-order valence-corrected chi connectivity index (χ2v) is 3.09. The molecule has 0 spiro atoms. The van der Waals surface area contributed by atoms with Gasteiger partial charge < -0.3 is 0 Å². The van der Waals surface area contributed by atoms with Crippen LogP contribution in [0, 0.1) is 0 Å². The van der Waals surface area contributed by atoms with E-state index in [9.17, 15) is 0 Å². The highest BCUT2D eigenvalue weighted by Crippen LogP contribution is 2.26. The Labute approximate surface area is 78.2 Å². The Morgan fingerprint density at radius 1 is 1.20 bits per heavy atom. The maximum atomic E-state index is 5.61. The summed E-state index contributed by atoms with van der Waals surface area (Å²) in [5, 5.41) is 0.875. The zero-order valence-corrected chi connectivity index (χ0v) is 7.64. The Hall–Kier alpha value is 0.310. The number of hydrogen-bond donors (Lipinski definition) is 0. The Morgan fingerprint density at radius 2 is 1.80 bits per heavy atom. The van der Waals surface area contributed by atoms with Gasteiger partial charge in [0.25, 0.3) is 11.8 Å². The van der Waals surface area contributed by atoms with Crippen LogP contribution in [0.2, 0.25) is 15.2 Å². The molecule has 0 saturated heterocycles. The first-order valence-electron chi connectivity index (χ1n) is 2.34. The molecule has 0 fully saturated rings. The molecule has 1 rings (SSSR count). The van der Waals surface area contributed by atoms with Crippen molar-refractivity contribution in [3.05, 3.63) is 27.5 Å². The molecule has 54 valence electrons. The van der Waals surface area contributed by atoms with Crippen LogP contribution in [0.25, 0.3) is 0 Å². The maximum absolute atomic E-state index is 5.61. The number of hydrogen-bond acceptors (Lipinski definition) is 0. The van der Waals surface area contributed by atoms with Crippen molar-refractivity contribution in [2.75, 3.05) is 0 Å². The van der Waals surface area contributed by atoms with E-state index in [1.807, 2.05) is 0 Å². The molecule has 1 heterocycles. The van der Waals surface area contributed by atoms with Crippen LogP contribution in [0.1, 0.15) is 0 Å². The molecule has 1 nitrogen and oxygen atoms in total. The fraction of sp³-hybridized carbons (Fsp3) is 0. The van der Waals surface area contributed by atoms with E-state index in [4.69, 9.17) is 46.6 Å². The van der Waals surface area contributed by atoms with Gasteiger partial charge in [0.15, 0.2) is 6.20 Å². The van der Waals surface area contributed by atoms with Crippen LogP contribution in [-0.2, 0) is 0 Å². The number of halogens is 4. The summed E-state index contributed by atoms with van der Waals surface area (Å²) in [7, 11) is 0. The van der Waals surface area contributed by atoms with Crippen molar-refractivity contribution in [3.8, 4) is 0 Å². The molecule has 0 aliphatic rings. The highest BCUT2D eigenvalue weighted by atomic mass is 35.5. The second-order valence-electron chi connectivity index (χ2n) is 1.58. The molecule has 0 aromatic carbocycles. The molecular weight excluding hydrogens is 216 g/mol. The van der Waals surface area contributed by atoms with Gasteiger partial charge in [-0.25, -0.2) is 0 Å². The standard InChI is InChI=1S/C5H2Cl4N/c6-3-1-2-10(9)5(8)4(3)7/h1-2H/q+1. The zero-order chi connectivity index (χ0) is 7.72. The Morgan fingerprint density at radius 3 is 2.30 bits per heavy atom. The van der Waals surface area contributed by atoms with Crippen LogP contribution in [0.15, 0.2) is 12.3 Å². The fourth-order valence-electron chi connectivity index (χ4n) is 0.462. The molecule has 0 amide bonds. The van der Waals surface area contributed by atoms with Crippen molar-refractivity contribution < 1.29 is 4.09 Å². The van der Waals surface area contributed by atoms with Crippen LogP contribution in [0.4, 0.5) is 0 Å². The molecule has 1 aromatic heterocycles. The van der Waals surface area contributed by atoms with Gasteiger partial charge in [0, 0.05) is 6.07 Å². The molecule has 0 aliphatic heterocycles. The minimum absolute atomic E-state index is 0.218. The van der Waals surface area contributed by atoms with Gasteiger partial charge in [0.2, 0.25) is 0 Å². The first kappa shape index (κ1) is 8.41. The zero-order valence-electron chi connectivity index (χ0n) is 4.61. The van der Waals surface area contributed by atoms with Gasteiger partial charge in [-0.05, 0) is 11.6 Å². The first-order chi connectivity index (χ1) is 4.63. The lowest BCUT2D eigenvalue weighted by atomic mass is 10.5. The van der Waals surface area contributed by atoms with Crippen molar-refractivity contribution in [2.45, 2.75) is 0 Å². The first-order valence-corrected chi connectivity index (χ1v) is 3.81. The van der Waals surface area contributed by atoms with Crippen molar-refractivity contribution >= 4 is 46.6 Å². The molecule has 5 heteroatoms. The van der Waals surface area contributed by atoms with E-state index in [0.717, 1.165) is 4.09 Å². The lowest BCUT2D eigenvalue weighted by Crippen LogP contribution is -2.20. The van der Waals surface area contributed by atoms with Crippen LogP contribution >= 0.6 is 46.6 Å². The smallest absolute Gasteiger partial charge is 0.0822 e. The minimum Gasteiger partial charge on any atom is -0.0822 e. The summed E-state index contributed by atoms with van der Waals surface area (Å²) in [6.45, 7) is 0. The van der Waals surface area contributed by atoms with Crippen molar-refractivity contribution in [3.63, 3.8) is 0 Å². The molecule has 0 saturated carbocycles.